The molecule has 0 spiro atoms. The molecule has 1 saturated carbocycles. The highest BCUT2D eigenvalue weighted by atomic mass is 15.1. The largest absolute Gasteiger partial charge is 0.331 e. The Balaban J connectivity index is 2.14. The maximum atomic E-state index is 6.19. The summed E-state index contributed by atoms with van der Waals surface area (Å²) in [7, 11) is 2.11. The Hall–Kier alpha value is -1.35. The van der Waals surface area contributed by atoms with Gasteiger partial charge in [-0.1, -0.05) is 26.8 Å². The lowest BCUT2D eigenvalue weighted by Gasteiger charge is -2.20. The maximum absolute atomic E-state index is 6.19. The number of imidazole rings is 1. The fourth-order valence-electron chi connectivity index (χ4n) is 3.32. The second-order valence-corrected chi connectivity index (χ2v) is 7.39. The fraction of sp³-hybridized carbons (Fsp3) is 0.588. The maximum Gasteiger partial charge on any atom is 0.115 e. The molecule has 1 aromatic heterocycles. The number of rotatable bonds is 2. The van der Waals surface area contributed by atoms with Crippen molar-refractivity contribution in [3.8, 4) is 0 Å². The van der Waals surface area contributed by atoms with E-state index in [1.165, 1.54) is 23.9 Å². The summed E-state index contributed by atoms with van der Waals surface area (Å²) in [6, 6.07) is 6.91. The molecule has 1 heterocycles. The van der Waals surface area contributed by atoms with E-state index < -0.39 is 0 Å². The van der Waals surface area contributed by atoms with Crippen molar-refractivity contribution in [2.24, 2.45) is 12.8 Å². The quantitative estimate of drug-likeness (QED) is 0.911. The van der Waals surface area contributed by atoms with Gasteiger partial charge in [0.15, 0.2) is 0 Å². The van der Waals surface area contributed by atoms with E-state index in [9.17, 15) is 0 Å². The van der Waals surface area contributed by atoms with Crippen molar-refractivity contribution >= 4 is 11.0 Å². The standard InChI is InChI=1S/C17H25N3/c1-11(18)17(8-9-17)12-6-7-14-13(10-12)19-15(20(14)5)16(2,3)4/h6-7,10-11H,8-9,18H2,1-5H3. The minimum absolute atomic E-state index is 0.0619. The normalized spacial score (nSPS) is 19.3. The molecule has 0 bridgehead atoms. The number of aromatic nitrogens is 2. The Kier molecular flexibility index (Phi) is 2.78. The molecule has 20 heavy (non-hydrogen) atoms. The summed E-state index contributed by atoms with van der Waals surface area (Å²) in [5.74, 6) is 1.13. The summed E-state index contributed by atoms with van der Waals surface area (Å²) >= 11 is 0. The molecular weight excluding hydrogens is 246 g/mol. The predicted octanol–water partition coefficient (Wildman–Crippen LogP) is 3.25. The molecule has 1 atom stereocenters. The molecule has 2 aromatic rings. The van der Waals surface area contributed by atoms with E-state index in [2.05, 4.69) is 57.5 Å². The van der Waals surface area contributed by atoms with E-state index in [-0.39, 0.29) is 16.9 Å². The minimum atomic E-state index is 0.0619. The molecule has 1 aliphatic carbocycles. The predicted molar refractivity (Wildman–Crippen MR) is 84.0 cm³/mol. The SMILES string of the molecule is CC(N)C1(c2ccc3c(c2)nc(C(C)(C)C)n3C)CC1. The van der Waals surface area contributed by atoms with E-state index in [0.29, 0.717) is 0 Å². The van der Waals surface area contributed by atoms with Crippen LogP contribution in [0.4, 0.5) is 0 Å². The van der Waals surface area contributed by atoms with Crippen LogP contribution in [0.25, 0.3) is 11.0 Å². The Morgan fingerprint density at radius 1 is 1.30 bits per heavy atom. The number of aryl methyl sites for hydroxylation is 1. The Bertz CT molecular complexity index is 655. The fourth-order valence-corrected chi connectivity index (χ4v) is 3.32. The highest BCUT2D eigenvalue weighted by Crippen LogP contribution is 2.50. The minimum Gasteiger partial charge on any atom is -0.331 e. The molecule has 1 aromatic carbocycles. The van der Waals surface area contributed by atoms with Gasteiger partial charge in [0.05, 0.1) is 11.0 Å². The molecule has 0 aliphatic heterocycles. The van der Waals surface area contributed by atoms with Crippen molar-refractivity contribution in [3.63, 3.8) is 0 Å². The average Bonchev–Trinajstić information content (AvgIpc) is 3.09. The third kappa shape index (κ3) is 1.87. The van der Waals surface area contributed by atoms with Crippen LogP contribution in [0.2, 0.25) is 0 Å². The van der Waals surface area contributed by atoms with Crippen molar-refractivity contribution in [2.75, 3.05) is 0 Å². The van der Waals surface area contributed by atoms with E-state index in [0.717, 1.165) is 11.3 Å². The summed E-state index contributed by atoms with van der Waals surface area (Å²) in [6.45, 7) is 8.74. The van der Waals surface area contributed by atoms with Gasteiger partial charge in [-0.2, -0.15) is 0 Å². The number of nitrogens with two attached hydrogens (primary N) is 1. The molecule has 3 rings (SSSR count). The first kappa shape index (κ1) is 13.6. The Morgan fingerprint density at radius 2 is 1.95 bits per heavy atom. The molecule has 3 heteroatoms. The van der Waals surface area contributed by atoms with Crippen LogP contribution < -0.4 is 5.73 Å². The van der Waals surface area contributed by atoms with Crippen molar-refractivity contribution in [1.29, 1.82) is 0 Å². The number of benzene rings is 1. The summed E-state index contributed by atoms with van der Waals surface area (Å²) in [6.07, 6.45) is 2.41. The van der Waals surface area contributed by atoms with Crippen LogP contribution >= 0.6 is 0 Å². The molecule has 1 fully saturated rings. The van der Waals surface area contributed by atoms with Crippen LogP contribution in [0.3, 0.4) is 0 Å². The molecule has 0 radical (unpaired) electrons. The third-order valence-electron chi connectivity index (χ3n) is 4.79. The first-order valence-electron chi connectivity index (χ1n) is 7.49. The van der Waals surface area contributed by atoms with Crippen molar-refractivity contribution < 1.29 is 0 Å². The zero-order valence-corrected chi connectivity index (χ0v) is 13.2. The summed E-state index contributed by atoms with van der Waals surface area (Å²) in [5, 5.41) is 0. The van der Waals surface area contributed by atoms with Crippen molar-refractivity contribution in [2.45, 2.75) is 57.4 Å². The van der Waals surface area contributed by atoms with E-state index in [1.807, 2.05) is 0 Å². The van der Waals surface area contributed by atoms with Crippen LogP contribution in [-0.2, 0) is 17.9 Å². The smallest absolute Gasteiger partial charge is 0.115 e. The lowest BCUT2D eigenvalue weighted by Crippen LogP contribution is -2.31. The highest BCUT2D eigenvalue weighted by molar-refractivity contribution is 5.77. The molecule has 1 aliphatic rings. The van der Waals surface area contributed by atoms with Gasteiger partial charge in [0, 0.05) is 23.9 Å². The third-order valence-corrected chi connectivity index (χ3v) is 4.79. The Labute approximate surface area is 121 Å². The van der Waals surface area contributed by atoms with Crippen LogP contribution in [0.1, 0.15) is 51.9 Å². The van der Waals surface area contributed by atoms with Gasteiger partial charge >= 0.3 is 0 Å². The lowest BCUT2D eigenvalue weighted by molar-refractivity contribution is 0.526. The van der Waals surface area contributed by atoms with Gasteiger partial charge in [0.1, 0.15) is 5.82 Å². The van der Waals surface area contributed by atoms with Gasteiger partial charge in [0.25, 0.3) is 0 Å². The number of hydrogen-bond acceptors (Lipinski definition) is 2. The molecular formula is C17H25N3. The van der Waals surface area contributed by atoms with Gasteiger partial charge in [-0.05, 0) is 37.5 Å². The monoisotopic (exact) mass is 271 g/mol. The second-order valence-electron chi connectivity index (χ2n) is 7.39. The first-order valence-corrected chi connectivity index (χ1v) is 7.49. The Morgan fingerprint density at radius 3 is 2.45 bits per heavy atom. The first-order chi connectivity index (χ1) is 9.25. The average molecular weight is 271 g/mol. The molecule has 0 amide bonds. The van der Waals surface area contributed by atoms with Crippen LogP contribution in [0.5, 0.6) is 0 Å². The summed E-state index contributed by atoms with van der Waals surface area (Å²) < 4.78 is 2.21. The number of hydrogen-bond donors (Lipinski definition) is 1. The van der Waals surface area contributed by atoms with Crippen LogP contribution in [0, 0.1) is 0 Å². The van der Waals surface area contributed by atoms with E-state index in [4.69, 9.17) is 10.7 Å². The van der Waals surface area contributed by atoms with Crippen LogP contribution in [0.15, 0.2) is 18.2 Å². The second kappa shape index (κ2) is 4.08. The zero-order valence-electron chi connectivity index (χ0n) is 13.2. The van der Waals surface area contributed by atoms with Crippen LogP contribution in [-0.4, -0.2) is 15.6 Å². The topological polar surface area (TPSA) is 43.8 Å². The molecule has 108 valence electrons. The summed E-state index contributed by atoms with van der Waals surface area (Å²) in [5.41, 5.74) is 10.1. The lowest BCUT2D eigenvalue weighted by atomic mass is 9.89. The molecule has 0 saturated heterocycles. The molecule has 2 N–H and O–H groups in total. The molecule has 3 nitrogen and oxygen atoms in total. The van der Waals surface area contributed by atoms with E-state index >= 15 is 0 Å². The van der Waals surface area contributed by atoms with Gasteiger partial charge in [-0.3, -0.25) is 0 Å². The van der Waals surface area contributed by atoms with E-state index in [1.54, 1.807) is 0 Å². The highest BCUT2D eigenvalue weighted by Gasteiger charge is 2.47. The van der Waals surface area contributed by atoms with Gasteiger partial charge < -0.3 is 10.3 Å². The molecule has 1 unspecified atom stereocenters. The number of nitrogens with zero attached hydrogens (tertiary/aromatic N) is 2. The van der Waals surface area contributed by atoms with Crippen molar-refractivity contribution in [1.82, 2.24) is 9.55 Å². The number of fused-ring (bicyclic) bond motifs is 1. The van der Waals surface area contributed by atoms with Gasteiger partial charge in [0.2, 0.25) is 0 Å². The van der Waals surface area contributed by atoms with Gasteiger partial charge in [-0.15, -0.1) is 0 Å². The zero-order chi connectivity index (χ0) is 14.7. The van der Waals surface area contributed by atoms with Crippen molar-refractivity contribution in [3.05, 3.63) is 29.6 Å². The van der Waals surface area contributed by atoms with Gasteiger partial charge in [-0.25, -0.2) is 4.98 Å². The summed E-state index contributed by atoms with van der Waals surface area (Å²) in [4.78, 5) is 4.87.